The van der Waals surface area contributed by atoms with E-state index in [0.29, 0.717) is 12.2 Å². The number of fused-ring (bicyclic) bond motifs is 1. The lowest BCUT2D eigenvalue weighted by atomic mass is 10.1. The van der Waals surface area contributed by atoms with E-state index in [4.69, 9.17) is 0 Å². The summed E-state index contributed by atoms with van der Waals surface area (Å²) in [4.78, 5) is 12.8. The summed E-state index contributed by atoms with van der Waals surface area (Å²) in [5.41, 5.74) is 0. The van der Waals surface area contributed by atoms with E-state index in [0.717, 1.165) is 10.8 Å². The van der Waals surface area contributed by atoms with Crippen molar-refractivity contribution in [2.75, 3.05) is 6.54 Å². The second-order valence-corrected chi connectivity index (χ2v) is 9.16. The lowest BCUT2D eigenvalue weighted by Crippen LogP contribution is -2.45. The zero-order valence-electron chi connectivity index (χ0n) is 14.7. The first-order valence-corrected chi connectivity index (χ1v) is 10.6. The first-order chi connectivity index (χ1) is 13.4. The monoisotopic (exact) mass is 418 g/mol. The third-order valence-corrected chi connectivity index (χ3v) is 6.92. The molecule has 146 valence electrons. The number of hydrogen-bond acceptors (Lipinski definition) is 7. The minimum Gasteiger partial charge on any atom is -0.347 e. The van der Waals surface area contributed by atoms with Crippen molar-refractivity contribution in [3.63, 3.8) is 0 Å². The molecule has 2 N–H and O–H groups in total. The van der Waals surface area contributed by atoms with E-state index >= 15 is 0 Å². The van der Waals surface area contributed by atoms with Gasteiger partial charge in [0.05, 0.1) is 11.4 Å². The maximum Gasteiger partial charge on any atom is 0.243 e. The molecule has 1 saturated heterocycles. The van der Waals surface area contributed by atoms with Crippen LogP contribution in [0.3, 0.4) is 0 Å². The molecule has 1 amide bonds. The number of carbonyl (C=O) groups is 1. The highest BCUT2D eigenvalue weighted by Crippen LogP contribution is 2.30. The van der Waals surface area contributed by atoms with E-state index < -0.39 is 22.0 Å². The minimum absolute atomic E-state index is 0.0624. The minimum atomic E-state index is -3.86. The number of nitrogens with one attached hydrogen (secondary N) is 2. The Kier molecular flexibility index (Phi) is 5.04. The Morgan fingerprint density at radius 1 is 1.25 bits per heavy atom. The summed E-state index contributed by atoms with van der Waals surface area (Å²) in [5, 5.41) is 17.5. The van der Waals surface area contributed by atoms with E-state index in [9.17, 15) is 13.2 Å². The Morgan fingerprint density at radius 3 is 2.79 bits per heavy atom. The number of aromatic nitrogens is 4. The molecule has 0 radical (unpaired) electrons. The lowest BCUT2D eigenvalue weighted by molar-refractivity contribution is -0.124. The predicted molar refractivity (Wildman–Crippen MR) is 105 cm³/mol. The third kappa shape index (κ3) is 3.60. The van der Waals surface area contributed by atoms with Gasteiger partial charge >= 0.3 is 0 Å². The summed E-state index contributed by atoms with van der Waals surface area (Å²) in [6, 6.07) is 11.6. The SMILES string of the molecule is O=C(NCc1nn[nH]n1)[C@@H]1C[C@@H](S)CN1S(=O)(=O)c1ccc2ccccc2c1. The number of benzene rings is 2. The number of nitrogens with zero attached hydrogens (tertiary/aromatic N) is 4. The quantitative estimate of drug-likeness (QED) is 0.525. The molecular formula is C17H18N6O3S2. The number of thiol groups is 1. The molecule has 2 aromatic carbocycles. The van der Waals surface area contributed by atoms with Gasteiger partial charge in [-0.3, -0.25) is 4.79 Å². The van der Waals surface area contributed by atoms with Crippen molar-refractivity contribution in [1.29, 1.82) is 0 Å². The highest BCUT2D eigenvalue weighted by Gasteiger charge is 2.42. The Balaban J connectivity index is 1.59. The van der Waals surface area contributed by atoms with Crippen LogP contribution in [0.5, 0.6) is 0 Å². The van der Waals surface area contributed by atoms with Crippen molar-refractivity contribution >= 4 is 39.3 Å². The van der Waals surface area contributed by atoms with Crippen molar-refractivity contribution in [2.45, 2.75) is 29.2 Å². The van der Waals surface area contributed by atoms with E-state index in [1.807, 2.05) is 24.3 Å². The second kappa shape index (κ2) is 7.49. The fourth-order valence-electron chi connectivity index (χ4n) is 3.29. The zero-order chi connectivity index (χ0) is 19.7. The molecule has 28 heavy (non-hydrogen) atoms. The number of rotatable bonds is 5. The number of hydrogen-bond donors (Lipinski definition) is 3. The third-order valence-electron chi connectivity index (χ3n) is 4.67. The summed E-state index contributed by atoms with van der Waals surface area (Å²) >= 11 is 4.41. The molecule has 0 aliphatic carbocycles. The number of aromatic amines is 1. The number of amides is 1. The molecule has 0 unspecified atom stereocenters. The Morgan fingerprint density at radius 2 is 2.04 bits per heavy atom. The number of carbonyl (C=O) groups excluding carboxylic acids is 1. The molecular weight excluding hydrogens is 400 g/mol. The van der Waals surface area contributed by atoms with Crippen molar-refractivity contribution < 1.29 is 13.2 Å². The predicted octanol–water partition coefficient (Wildman–Crippen LogP) is 0.731. The molecule has 1 fully saturated rings. The van der Waals surface area contributed by atoms with Crippen LogP contribution in [0, 0.1) is 0 Å². The van der Waals surface area contributed by atoms with Crippen LogP contribution < -0.4 is 5.32 Å². The number of tetrazole rings is 1. The van der Waals surface area contributed by atoms with Gasteiger partial charge in [0.25, 0.3) is 0 Å². The fraction of sp³-hybridized carbons (Fsp3) is 0.294. The van der Waals surface area contributed by atoms with Crippen LogP contribution in [0.15, 0.2) is 47.4 Å². The molecule has 2 heterocycles. The summed E-state index contributed by atoms with van der Waals surface area (Å²) < 4.78 is 27.7. The fourth-order valence-corrected chi connectivity index (χ4v) is 5.46. The molecule has 0 spiro atoms. The van der Waals surface area contributed by atoms with Crippen LogP contribution in [0.1, 0.15) is 12.2 Å². The maximum atomic E-state index is 13.2. The van der Waals surface area contributed by atoms with Gasteiger partial charge < -0.3 is 5.32 Å². The van der Waals surface area contributed by atoms with Crippen molar-refractivity contribution in [2.24, 2.45) is 0 Å². The molecule has 1 aromatic heterocycles. The molecule has 4 rings (SSSR count). The van der Waals surface area contributed by atoms with Crippen LogP contribution in [-0.2, 0) is 21.4 Å². The van der Waals surface area contributed by atoms with Gasteiger partial charge in [-0.1, -0.05) is 35.5 Å². The smallest absolute Gasteiger partial charge is 0.243 e. The van der Waals surface area contributed by atoms with Crippen LogP contribution in [0.4, 0.5) is 0 Å². The summed E-state index contributed by atoms with van der Waals surface area (Å²) in [6.07, 6.45) is 0.327. The second-order valence-electron chi connectivity index (χ2n) is 6.53. The van der Waals surface area contributed by atoms with Crippen LogP contribution in [0.2, 0.25) is 0 Å². The highest BCUT2D eigenvalue weighted by molar-refractivity contribution is 7.89. The number of sulfonamides is 1. The molecule has 0 bridgehead atoms. The Hall–Kier alpha value is -2.50. The van der Waals surface area contributed by atoms with E-state index in [1.54, 1.807) is 18.2 Å². The van der Waals surface area contributed by atoms with Gasteiger partial charge in [-0.15, -0.1) is 10.2 Å². The first-order valence-electron chi connectivity index (χ1n) is 8.64. The first kappa shape index (κ1) is 18.8. The lowest BCUT2D eigenvalue weighted by Gasteiger charge is -2.23. The average Bonchev–Trinajstić information content (AvgIpc) is 3.35. The molecule has 3 aromatic rings. The van der Waals surface area contributed by atoms with Gasteiger partial charge in [0, 0.05) is 11.8 Å². The molecule has 0 saturated carbocycles. The van der Waals surface area contributed by atoms with Crippen LogP contribution >= 0.6 is 12.6 Å². The topological polar surface area (TPSA) is 121 Å². The molecule has 9 nitrogen and oxygen atoms in total. The van der Waals surface area contributed by atoms with Gasteiger partial charge in [0.1, 0.15) is 6.04 Å². The van der Waals surface area contributed by atoms with Gasteiger partial charge in [-0.2, -0.15) is 22.1 Å². The summed E-state index contributed by atoms with van der Waals surface area (Å²) in [5.74, 6) is -0.0941. The van der Waals surface area contributed by atoms with Crippen molar-refractivity contribution in [1.82, 2.24) is 30.2 Å². The maximum absolute atomic E-state index is 13.2. The van der Waals surface area contributed by atoms with Crippen LogP contribution in [0.25, 0.3) is 10.8 Å². The number of H-pyrrole nitrogens is 1. The molecule has 11 heteroatoms. The van der Waals surface area contributed by atoms with E-state index in [-0.39, 0.29) is 23.2 Å². The van der Waals surface area contributed by atoms with Crippen molar-refractivity contribution in [3.05, 3.63) is 48.3 Å². The zero-order valence-corrected chi connectivity index (χ0v) is 16.4. The summed E-state index contributed by atoms with van der Waals surface area (Å²) in [6.45, 7) is 0.228. The highest BCUT2D eigenvalue weighted by atomic mass is 32.2. The van der Waals surface area contributed by atoms with Crippen molar-refractivity contribution in [3.8, 4) is 0 Å². The van der Waals surface area contributed by atoms with Gasteiger partial charge in [0.15, 0.2) is 5.82 Å². The van der Waals surface area contributed by atoms with E-state index in [2.05, 4.69) is 38.6 Å². The molecule has 1 aliphatic heterocycles. The van der Waals surface area contributed by atoms with Gasteiger partial charge in [-0.05, 0) is 29.3 Å². The van der Waals surface area contributed by atoms with Gasteiger partial charge in [0.2, 0.25) is 15.9 Å². The normalized spacial score (nSPS) is 20.5. The average molecular weight is 419 g/mol. The Bertz CT molecular complexity index is 1100. The van der Waals surface area contributed by atoms with Crippen LogP contribution in [-0.4, -0.2) is 57.1 Å². The van der Waals surface area contributed by atoms with Gasteiger partial charge in [-0.25, -0.2) is 8.42 Å². The summed E-state index contributed by atoms with van der Waals surface area (Å²) in [7, 11) is -3.86. The Labute approximate surface area is 167 Å². The molecule has 1 aliphatic rings. The molecule has 2 atom stereocenters. The van der Waals surface area contributed by atoms with E-state index in [1.165, 1.54) is 4.31 Å². The largest absolute Gasteiger partial charge is 0.347 e. The standard InChI is InChI=1S/C17H18N6O3S2/c24-17(18-9-16-19-21-22-20-16)15-8-13(27)10-23(15)28(25,26)14-6-5-11-3-1-2-4-12(11)7-14/h1-7,13,15,27H,8-10H2,(H,18,24)(H,19,20,21,22)/t13-,15+/m1/s1.